The molecule has 0 aromatic heterocycles. The summed E-state index contributed by atoms with van der Waals surface area (Å²) in [5.41, 5.74) is 2.50. The van der Waals surface area contributed by atoms with Gasteiger partial charge in [0.05, 0.1) is 6.54 Å². The molecule has 1 aliphatic rings. The Morgan fingerprint density at radius 2 is 1.62 bits per heavy atom. The molecule has 1 heterocycles. The number of halogens is 1. The fraction of sp³-hybridized carbons (Fsp3) is 0.300. The Morgan fingerprint density at radius 3 is 2.27 bits per heavy atom. The second-order valence-corrected chi connectivity index (χ2v) is 6.77. The third-order valence-electron chi connectivity index (χ3n) is 4.38. The number of likely N-dealkylation sites (tertiary alicyclic amines) is 1. The number of carbonyl (C=O) groups is 2. The van der Waals surface area contributed by atoms with E-state index in [1.165, 1.54) is 0 Å². The second kappa shape index (κ2) is 8.72. The lowest BCUT2D eigenvalue weighted by atomic mass is 10.1. The molecule has 136 valence electrons. The summed E-state index contributed by atoms with van der Waals surface area (Å²) in [5, 5.41) is 6.56. The molecule has 0 spiro atoms. The van der Waals surface area contributed by atoms with Gasteiger partial charge in [-0.1, -0.05) is 23.7 Å². The summed E-state index contributed by atoms with van der Waals surface area (Å²) in [7, 11) is 0. The molecule has 26 heavy (non-hydrogen) atoms. The van der Waals surface area contributed by atoms with Crippen molar-refractivity contribution in [2.24, 2.45) is 0 Å². The van der Waals surface area contributed by atoms with Gasteiger partial charge in [-0.05, 0) is 54.8 Å². The van der Waals surface area contributed by atoms with E-state index >= 15 is 0 Å². The molecule has 1 saturated heterocycles. The van der Waals surface area contributed by atoms with Gasteiger partial charge in [-0.2, -0.15) is 0 Å². The maximum atomic E-state index is 12.3. The Labute approximate surface area is 158 Å². The van der Waals surface area contributed by atoms with Crippen LogP contribution in [0.1, 0.15) is 28.8 Å². The molecule has 3 rings (SSSR count). The average molecular weight is 372 g/mol. The fourth-order valence-electron chi connectivity index (χ4n) is 2.88. The number of benzene rings is 2. The fourth-order valence-corrected chi connectivity index (χ4v) is 3.01. The van der Waals surface area contributed by atoms with Crippen molar-refractivity contribution in [3.8, 4) is 0 Å². The van der Waals surface area contributed by atoms with Crippen LogP contribution in [-0.2, 0) is 11.3 Å². The van der Waals surface area contributed by atoms with Gasteiger partial charge in [-0.15, -0.1) is 0 Å². The van der Waals surface area contributed by atoms with Crippen molar-refractivity contribution < 1.29 is 9.59 Å². The predicted molar refractivity (Wildman–Crippen MR) is 103 cm³/mol. The molecule has 2 amide bonds. The summed E-state index contributed by atoms with van der Waals surface area (Å²) >= 11 is 5.83. The van der Waals surface area contributed by atoms with E-state index in [-0.39, 0.29) is 18.4 Å². The van der Waals surface area contributed by atoms with Gasteiger partial charge in [0.1, 0.15) is 0 Å². The molecule has 1 aliphatic heterocycles. The Morgan fingerprint density at radius 1 is 0.962 bits per heavy atom. The SMILES string of the molecule is O=C(CNc1ccc(Cl)cc1)NCc1ccc(C(=O)N2CCCC2)cc1. The molecular formula is C20H22ClN3O2. The van der Waals surface area contributed by atoms with Crippen LogP contribution in [0, 0.1) is 0 Å². The van der Waals surface area contributed by atoms with E-state index in [0.717, 1.165) is 37.2 Å². The van der Waals surface area contributed by atoms with E-state index in [4.69, 9.17) is 11.6 Å². The zero-order valence-corrected chi connectivity index (χ0v) is 15.3. The molecule has 0 bridgehead atoms. The lowest BCUT2D eigenvalue weighted by molar-refractivity contribution is -0.119. The first-order chi connectivity index (χ1) is 12.6. The molecule has 1 fully saturated rings. The van der Waals surface area contributed by atoms with E-state index < -0.39 is 0 Å². The van der Waals surface area contributed by atoms with Gasteiger partial charge < -0.3 is 15.5 Å². The monoisotopic (exact) mass is 371 g/mol. The number of hydrogen-bond donors (Lipinski definition) is 2. The molecule has 0 unspecified atom stereocenters. The average Bonchev–Trinajstić information content (AvgIpc) is 3.20. The van der Waals surface area contributed by atoms with E-state index in [1.807, 2.05) is 41.3 Å². The number of rotatable bonds is 6. The summed E-state index contributed by atoms with van der Waals surface area (Å²) in [6.45, 7) is 2.31. The van der Waals surface area contributed by atoms with Crippen LogP contribution < -0.4 is 10.6 Å². The number of amides is 2. The van der Waals surface area contributed by atoms with Crippen LogP contribution in [0.25, 0.3) is 0 Å². The van der Waals surface area contributed by atoms with Crippen LogP contribution in [0.15, 0.2) is 48.5 Å². The molecule has 0 radical (unpaired) electrons. The Balaban J connectivity index is 1.44. The number of anilines is 1. The molecule has 2 N–H and O–H groups in total. The first-order valence-electron chi connectivity index (χ1n) is 8.76. The number of nitrogens with zero attached hydrogens (tertiary/aromatic N) is 1. The summed E-state index contributed by atoms with van der Waals surface area (Å²) in [6.07, 6.45) is 2.17. The molecule has 0 aliphatic carbocycles. The Bertz CT molecular complexity index is 754. The first-order valence-corrected chi connectivity index (χ1v) is 9.14. The van der Waals surface area contributed by atoms with Gasteiger partial charge in [0.2, 0.25) is 5.91 Å². The van der Waals surface area contributed by atoms with Gasteiger partial charge in [0.25, 0.3) is 5.91 Å². The van der Waals surface area contributed by atoms with Crippen molar-refractivity contribution in [2.45, 2.75) is 19.4 Å². The van der Waals surface area contributed by atoms with Crippen molar-refractivity contribution in [1.82, 2.24) is 10.2 Å². The Hall–Kier alpha value is -2.53. The standard InChI is InChI=1S/C20H22ClN3O2/c21-17-7-9-18(10-8-17)22-14-19(25)23-13-15-3-5-16(6-4-15)20(26)24-11-1-2-12-24/h3-10,22H,1-2,11-14H2,(H,23,25). The second-order valence-electron chi connectivity index (χ2n) is 6.33. The molecule has 2 aromatic rings. The summed E-state index contributed by atoms with van der Waals surface area (Å²) in [6, 6.07) is 14.6. The highest BCUT2D eigenvalue weighted by molar-refractivity contribution is 6.30. The highest BCUT2D eigenvalue weighted by atomic mass is 35.5. The van der Waals surface area contributed by atoms with E-state index in [2.05, 4.69) is 10.6 Å². The van der Waals surface area contributed by atoms with Crippen LogP contribution >= 0.6 is 11.6 Å². The maximum Gasteiger partial charge on any atom is 0.253 e. The highest BCUT2D eigenvalue weighted by Gasteiger charge is 2.19. The van der Waals surface area contributed by atoms with Crippen LogP contribution in [-0.4, -0.2) is 36.3 Å². The lowest BCUT2D eigenvalue weighted by Gasteiger charge is -2.15. The van der Waals surface area contributed by atoms with Crippen LogP contribution in [0.5, 0.6) is 0 Å². The molecular weight excluding hydrogens is 350 g/mol. The van der Waals surface area contributed by atoms with Crippen LogP contribution in [0.2, 0.25) is 5.02 Å². The van der Waals surface area contributed by atoms with Gasteiger partial charge in [0, 0.05) is 35.9 Å². The van der Waals surface area contributed by atoms with Gasteiger partial charge in [0.15, 0.2) is 0 Å². The zero-order valence-electron chi connectivity index (χ0n) is 14.5. The maximum absolute atomic E-state index is 12.3. The number of nitrogens with one attached hydrogen (secondary N) is 2. The zero-order chi connectivity index (χ0) is 18.4. The van der Waals surface area contributed by atoms with E-state index in [0.29, 0.717) is 17.1 Å². The van der Waals surface area contributed by atoms with Gasteiger partial charge >= 0.3 is 0 Å². The van der Waals surface area contributed by atoms with Crippen molar-refractivity contribution in [3.63, 3.8) is 0 Å². The summed E-state index contributed by atoms with van der Waals surface area (Å²) < 4.78 is 0. The van der Waals surface area contributed by atoms with E-state index in [1.54, 1.807) is 12.1 Å². The minimum absolute atomic E-state index is 0.0882. The van der Waals surface area contributed by atoms with E-state index in [9.17, 15) is 9.59 Å². The molecule has 0 atom stereocenters. The number of hydrogen-bond acceptors (Lipinski definition) is 3. The number of carbonyl (C=O) groups excluding carboxylic acids is 2. The highest BCUT2D eigenvalue weighted by Crippen LogP contribution is 2.14. The first kappa shape index (κ1) is 18.3. The van der Waals surface area contributed by atoms with Crippen LogP contribution in [0.4, 0.5) is 5.69 Å². The molecule has 5 nitrogen and oxygen atoms in total. The summed E-state index contributed by atoms with van der Waals surface area (Å²) in [5.74, 6) is -0.0116. The van der Waals surface area contributed by atoms with Gasteiger partial charge in [-0.25, -0.2) is 0 Å². The lowest BCUT2D eigenvalue weighted by Crippen LogP contribution is -2.29. The summed E-state index contributed by atoms with van der Waals surface area (Å²) in [4.78, 5) is 26.1. The quantitative estimate of drug-likeness (QED) is 0.819. The van der Waals surface area contributed by atoms with Crippen molar-refractivity contribution in [2.75, 3.05) is 25.0 Å². The third kappa shape index (κ3) is 4.99. The van der Waals surface area contributed by atoms with Crippen molar-refractivity contribution >= 4 is 29.1 Å². The largest absolute Gasteiger partial charge is 0.376 e. The molecule has 6 heteroatoms. The van der Waals surface area contributed by atoms with Gasteiger partial charge in [-0.3, -0.25) is 9.59 Å². The normalized spacial score (nSPS) is 13.5. The minimum atomic E-state index is -0.0998. The minimum Gasteiger partial charge on any atom is -0.376 e. The third-order valence-corrected chi connectivity index (χ3v) is 4.63. The molecule has 0 saturated carbocycles. The Kier molecular flexibility index (Phi) is 6.12. The smallest absolute Gasteiger partial charge is 0.253 e. The van der Waals surface area contributed by atoms with Crippen molar-refractivity contribution in [1.29, 1.82) is 0 Å². The van der Waals surface area contributed by atoms with Crippen molar-refractivity contribution in [3.05, 3.63) is 64.7 Å². The molecule has 2 aromatic carbocycles. The van der Waals surface area contributed by atoms with Crippen LogP contribution in [0.3, 0.4) is 0 Å². The topological polar surface area (TPSA) is 61.4 Å². The predicted octanol–water partition coefficient (Wildman–Crippen LogP) is 3.30.